The molecule has 1 N–H and O–H groups in total. The lowest BCUT2D eigenvalue weighted by atomic mass is 9.50. The molecule has 0 spiro atoms. The van der Waals surface area contributed by atoms with Crippen molar-refractivity contribution in [3.63, 3.8) is 0 Å². The van der Waals surface area contributed by atoms with E-state index in [1.165, 1.54) is 32.1 Å². The Labute approximate surface area is 245 Å². The third-order valence-electron chi connectivity index (χ3n) is 12.4. The van der Waals surface area contributed by atoms with Crippen molar-refractivity contribution in [3.8, 4) is 0 Å². The minimum atomic E-state index is -1.95. The van der Waals surface area contributed by atoms with Crippen LogP contribution in [0.3, 0.4) is 0 Å². The molecule has 0 bridgehead atoms. The summed E-state index contributed by atoms with van der Waals surface area (Å²) in [7, 11) is -1.95. The molecule has 0 unspecified atom stereocenters. The summed E-state index contributed by atoms with van der Waals surface area (Å²) >= 11 is 1.92. The van der Waals surface area contributed by atoms with E-state index in [1.807, 2.05) is 11.8 Å². The molecule has 5 heteroatoms. The van der Waals surface area contributed by atoms with Gasteiger partial charge in [-0.15, -0.1) is 0 Å². The number of Topliss-reactive ketones (excluding diaryl/α,β-unsaturated/α-hetero) is 1. The topological polar surface area (TPSA) is 46.5 Å². The molecular weight excluding hydrogens is 517 g/mol. The summed E-state index contributed by atoms with van der Waals surface area (Å²) in [5, 5.41) is 11.3. The van der Waals surface area contributed by atoms with Crippen LogP contribution < -0.4 is 0 Å². The van der Waals surface area contributed by atoms with Crippen LogP contribution in [0.2, 0.25) is 18.1 Å². The molecule has 4 aliphatic rings. The first-order valence-corrected chi connectivity index (χ1v) is 20.0. The van der Waals surface area contributed by atoms with Gasteiger partial charge in [0.05, 0.1) is 5.60 Å². The molecule has 3 nitrogen and oxygen atoms in total. The van der Waals surface area contributed by atoms with E-state index in [1.54, 1.807) is 11.1 Å². The highest BCUT2D eigenvalue weighted by atomic mass is 32.2. The fourth-order valence-corrected chi connectivity index (χ4v) is 11.0. The second kappa shape index (κ2) is 11.4. The summed E-state index contributed by atoms with van der Waals surface area (Å²) < 4.78 is 6.85. The number of fused-ring (bicyclic) bond motifs is 5. The highest BCUT2D eigenvalue weighted by Gasteiger charge is 2.60. The number of allylic oxidation sites excluding steroid dienone is 4. The van der Waals surface area contributed by atoms with Gasteiger partial charge in [-0.1, -0.05) is 78.2 Å². The molecule has 0 saturated heterocycles. The van der Waals surface area contributed by atoms with Gasteiger partial charge in [-0.05, 0) is 97.9 Å². The van der Waals surface area contributed by atoms with Crippen LogP contribution in [0, 0.1) is 28.6 Å². The summed E-state index contributed by atoms with van der Waals surface area (Å²) in [4.78, 5) is 14.1. The monoisotopic (exact) mass is 574 g/mol. The van der Waals surface area contributed by atoms with E-state index in [2.05, 4.69) is 73.7 Å². The maximum absolute atomic E-state index is 14.1. The molecule has 0 aromatic heterocycles. The summed E-state index contributed by atoms with van der Waals surface area (Å²) in [6, 6.07) is 0. The van der Waals surface area contributed by atoms with E-state index in [0.29, 0.717) is 36.1 Å². The zero-order valence-electron chi connectivity index (χ0n) is 26.6. The van der Waals surface area contributed by atoms with E-state index in [0.717, 1.165) is 31.4 Å². The normalized spacial score (nSPS) is 34.1. The zero-order valence-corrected chi connectivity index (χ0v) is 28.4. The summed E-state index contributed by atoms with van der Waals surface area (Å²) in [6.07, 6.45) is 15.5. The SMILES string of the molecule is CCC(O)(CC)CCS[C@@H](CO[Si](C)(C)C(C)(C)C)[C@H]1C(=O)C[C@H]2C3=CC=C4CCCC[C@]4(C)[C@H]3CC[C@]12C. The van der Waals surface area contributed by atoms with Gasteiger partial charge in [0, 0.05) is 24.2 Å². The maximum atomic E-state index is 14.1. The third-order valence-corrected chi connectivity index (χ3v) is 18.2. The first-order chi connectivity index (χ1) is 18.1. The van der Waals surface area contributed by atoms with Gasteiger partial charge >= 0.3 is 0 Å². The molecule has 4 aliphatic carbocycles. The smallest absolute Gasteiger partial charge is 0.192 e. The van der Waals surface area contributed by atoms with Crippen LogP contribution in [0.25, 0.3) is 0 Å². The Morgan fingerprint density at radius 1 is 1.10 bits per heavy atom. The Morgan fingerprint density at radius 3 is 2.44 bits per heavy atom. The second-order valence-electron chi connectivity index (χ2n) is 15.4. The third kappa shape index (κ3) is 5.82. The average molecular weight is 575 g/mol. The molecule has 39 heavy (non-hydrogen) atoms. The van der Waals surface area contributed by atoms with Gasteiger partial charge in [0.2, 0.25) is 0 Å². The average Bonchev–Trinajstić information content (AvgIpc) is 3.14. The number of hydrogen-bond acceptors (Lipinski definition) is 4. The van der Waals surface area contributed by atoms with Crippen molar-refractivity contribution >= 4 is 25.9 Å². The van der Waals surface area contributed by atoms with Gasteiger partial charge in [-0.2, -0.15) is 11.8 Å². The van der Waals surface area contributed by atoms with Crippen molar-refractivity contribution < 1.29 is 14.3 Å². The molecule has 3 fully saturated rings. The number of ketones is 1. The highest BCUT2D eigenvalue weighted by Crippen LogP contribution is 2.65. The van der Waals surface area contributed by atoms with Crippen LogP contribution in [0.5, 0.6) is 0 Å². The van der Waals surface area contributed by atoms with Crippen LogP contribution in [-0.4, -0.2) is 42.4 Å². The maximum Gasteiger partial charge on any atom is 0.192 e. The van der Waals surface area contributed by atoms with E-state index in [9.17, 15) is 9.90 Å². The van der Waals surface area contributed by atoms with Crippen LogP contribution in [0.15, 0.2) is 23.3 Å². The Morgan fingerprint density at radius 2 is 1.79 bits per heavy atom. The first-order valence-electron chi connectivity index (χ1n) is 16.0. The lowest BCUT2D eigenvalue weighted by Gasteiger charge is -2.54. The standard InChI is InChI=1S/C34H58O3SSi/c1-10-34(36,11-2)20-21-38-29(23-37-39(8,9)31(3,4)5)30-28(35)22-27-25-16-15-24-14-12-13-18-32(24,6)26(25)17-19-33(27,30)7/h15-16,26-27,29-30,36H,10-14,17-23H2,1-9H3/t26-,27-,29-,30+,32-,33-/m0/s1. The van der Waals surface area contributed by atoms with Gasteiger partial charge in [0.15, 0.2) is 8.32 Å². The van der Waals surface area contributed by atoms with Crippen molar-refractivity contribution in [2.75, 3.05) is 12.4 Å². The lowest BCUT2D eigenvalue weighted by molar-refractivity contribution is -0.122. The van der Waals surface area contributed by atoms with Crippen LogP contribution >= 0.6 is 11.8 Å². The molecule has 0 aromatic rings. The van der Waals surface area contributed by atoms with Crippen LogP contribution in [-0.2, 0) is 9.22 Å². The van der Waals surface area contributed by atoms with Gasteiger partial charge in [0.1, 0.15) is 5.78 Å². The molecule has 4 rings (SSSR count). The van der Waals surface area contributed by atoms with E-state index >= 15 is 0 Å². The summed E-state index contributed by atoms with van der Waals surface area (Å²) in [6.45, 7) is 21.3. The molecule has 3 saturated carbocycles. The van der Waals surface area contributed by atoms with Gasteiger partial charge in [-0.25, -0.2) is 0 Å². The lowest BCUT2D eigenvalue weighted by Crippen LogP contribution is -2.48. The first kappa shape index (κ1) is 31.6. The van der Waals surface area contributed by atoms with Crippen LogP contribution in [0.1, 0.15) is 113 Å². The zero-order chi connectivity index (χ0) is 28.9. The number of hydrogen-bond donors (Lipinski definition) is 1. The Bertz CT molecular complexity index is 973. The van der Waals surface area contributed by atoms with Crippen molar-refractivity contribution in [2.24, 2.45) is 28.6 Å². The highest BCUT2D eigenvalue weighted by molar-refractivity contribution is 7.99. The van der Waals surface area contributed by atoms with Crippen molar-refractivity contribution in [2.45, 2.75) is 142 Å². The van der Waals surface area contributed by atoms with Crippen LogP contribution in [0.4, 0.5) is 0 Å². The molecule has 0 amide bonds. The molecule has 0 aromatic carbocycles. The van der Waals surface area contributed by atoms with Crippen molar-refractivity contribution in [1.82, 2.24) is 0 Å². The Hall–Kier alpha value is -0.363. The molecule has 0 aliphatic heterocycles. The van der Waals surface area contributed by atoms with Crippen molar-refractivity contribution in [1.29, 1.82) is 0 Å². The molecule has 0 radical (unpaired) electrons. The fourth-order valence-electron chi connectivity index (χ4n) is 8.26. The van der Waals surface area contributed by atoms with Gasteiger partial charge in [-0.3, -0.25) is 4.79 Å². The predicted octanol–water partition coefficient (Wildman–Crippen LogP) is 9.12. The fraction of sp³-hybridized carbons (Fsp3) is 0.853. The molecular formula is C34H58O3SSi. The number of aliphatic hydroxyl groups is 1. The number of rotatable bonds is 10. The number of carbonyl (C=O) groups is 1. The largest absolute Gasteiger partial charge is 0.416 e. The Kier molecular flexibility index (Phi) is 9.21. The quantitative estimate of drug-likeness (QED) is 0.264. The molecule has 0 heterocycles. The summed E-state index contributed by atoms with van der Waals surface area (Å²) in [5.74, 6) is 2.35. The van der Waals surface area contributed by atoms with E-state index in [-0.39, 0.29) is 21.6 Å². The van der Waals surface area contributed by atoms with Gasteiger partial charge < -0.3 is 9.53 Å². The molecule has 6 atom stereocenters. The van der Waals surface area contributed by atoms with E-state index < -0.39 is 13.9 Å². The predicted molar refractivity (Wildman–Crippen MR) is 170 cm³/mol. The second-order valence-corrected chi connectivity index (χ2v) is 21.6. The van der Waals surface area contributed by atoms with Crippen molar-refractivity contribution in [3.05, 3.63) is 23.3 Å². The summed E-state index contributed by atoms with van der Waals surface area (Å²) in [5.41, 5.74) is 2.95. The number of thioether (sulfide) groups is 1. The number of carbonyl (C=O) groups excluding carboxylic acids is 1. The van der Waals surface area contributed by atoms with E-state index in [4.69, 9.17) is 4.43 Å². The minimum Gasteiger partial charge on any atom is -0.416 e. The Balaban J connectivity index is 1.61. The molecule has 222 valence electrons. The minimum absolute atomic E-state index is 0.00391. The van der Waals surface area contributed by atoms with Gasteiger partial charge in [0.25, 0.3) is 0 Å².